The molecule has 1 unspecified atom stereocenters. The van der Waals surface area contributed by atoms with Gasteiger partial charge in [-0.15, -0.1) is 0 Å². The van der Waals surface area contributed by atoms with E-state index in [1.165, 1.54) is 14.2 Å². The molecule has 10 heavy (non-hydrogen) atoms. The minimum atomic E-state index is -2.52. The van der Waals surface area contributed by atoms with Gasteiger partial charge in [0.1, 0.15) is 5.73 Å². The Balaban J connectivity index is 4.02. The lowest BCUT2D eigenvalue weighted by Crippen LogP contribution is -2.60. The summed E-state index contributed by atoms with van der Waals surface area (Å²) in [6, 6.07) is 0. The third kappa shape index (κ3) is 2.03. The van der Waals surface area contributed by atoms with E-state index in [2.05, 4.69) is 0 Å². The summed E-state index contributed by atoms with van der Waals surface area (Å²) in [4.78, 5) is 0. The van der Waals surface area contributed by atoms with Gasteiger partial charge in [0.05, 0.1) is 0 Å². The first kappa shape index (κ1) is 10.1. The van der Waals surface area contributed by atoms with Crippen LogP contribution in [0.25, 0.3) is 0 Å². The first-order valence-corrected chi connectivity index (χ1v) is 4.99. The summed E-state index contributed by atoms with van der Waals surface area (Å²) in [5, 5.41) is 5.72. The maximum absolute atomic E-state index is 5.72. The number of nitrogens with two attached hydrogens (primary N) is 1. The van der Waals surface area contributed by atoms with Crippen LogP contribution < -0.4 is 5.40 Å². The van der Waals surface area contributed by atoms with Gasteiger partial charge in [-0.1, -0.05) is 0 Å². The van der Waals surface area contributed by atoms with Crippen LogP contribution >= 0.6 is 0 Å². The monoisotopic (exact) mass is 165 g/mol. The summed E-state index contributed by atoms with van der Waals surface area (Å²) in [5.74, 6) is 0. The normalized spacial score (nSPS) is 15.3. The first-order valence-electron chi connectivity index (χ1n) is 3.02. The van der Waals surface area contributed by atoms with E-state index in [0.29, 0.717) is 0 Å². The van der Waals surface area contributed by atoms with Gasteiger partial charge < -0.3 is 19.0 Å². The number of ether oxygens (including phenoxy) is 1. The van der Waals surface area contributed by atoms with E-state index in [-0.39, 0.29) is 5.73 Å². The molecule has 0 fully saturated rings. The van der Waals surface area contributed by atoms with Crippen molar-refractivity contribution in [3.8, 4) is 0 Å². The predicted molar refractivity (Wildman–Crippen MR) is 40.4 cm³/mol. The average Bonchev–Trinajstić information content (AvgIpc) is 2.01. The molecule has 0 spiro atoms. The number of hydrogen-bond donors (Lipinski definition) is 1. The summed E-state index contributed by atoms with van der Waals surface area (Å²) in [6.45, 7) is 1.83. The van der Waals surface area contributed by atoms with Crippen LogP contribution in [0.15, 0.2) is 0 Å². The van der Waals surface area contributed by atoms with Gasteiger partial charge >= 0.3 is 8.72 Å². The largest absolute Gasteiger partial charge is 0.451 e. The second-order valence-electron chi connectivity index (χ2n) is 2.01. The highest BCUT2D eigenvalue weighted by Gasteiger charge is 2.38. The summed E-state index contributed by atoms with van der Waals surface area (Å²) < 4.78 is 15.0. The fourth-order valence-corrected chi connectivity index (χ4v) is 1.74. The van der Waals surface area contributed by atoms with Crippen molar-refractivity contribution in [2.24, 2.45) is 5.40 Å². The Labute approximate surface area is 62.6 Å². The van der Waals surface area contributed by atoms with Crippen molar-refractivity contribution >= 4 is 8.72 Å². The SMILES string of the molecule is COC(C)[Si](N)(OC)OC. The second-order valence-corrected chi connectivity index (χ2v) is 5.08. The molecule has 0 aliphatic carbocycles. The molecule has 0 radical (unpaired) electrons. The lowest BCUT2D eigenvalue weighted by Gasteiger charge is -2.26. The molecule has 4 nitrogen and oxygen atoms in total. The van der Waals surface area contributed by atoms with Crippen LogP contribution in [-0.2, 0) is 13.6 Å². The molecule has 0 amide bonds. The predicted octanol–water partition coefficient (Wildman–Crippen LogP) is -0.249. The lowest BCUT2D eigenvalue weighted by molar-refractivity contribution is 0.108. The Morgan fingerprint density at radius 2 is 1.60 bits per heavy atom. The molecule has 2 N–H and O–H groups in total. The van der Waals surface area contributed by atoms with Gasteiger partial charge in [-0.25, -0.2) is 0 Å². The fraction of sp³-hybridized carbons (Fsp3) is 1.00. The highest BCUT2D eigenvalue weighted by Crippen LogP contribution is 2.05. The Morgan fingerprint density at radius 1 is 1.20 bits per heavy atom. The van der Waals surface area contributed by atoms with Gasteiger partial charge in [0.2, 0.25) is 0 Å². The molecule has 0 aromatic heterocycles. The highest BCUT2D eigenvalue weighted by atomic mass is 28.4. The minimum absolute atomic E-state index is 0.150. The molecule has 0 saturated carbocycles. The van der Waals surface area contributed by atoms with E-state index in [9.17, 15) is 0 Å². The van der Waals surface area contributed by atoms with Gasteiger partial charge in [-0.05, 0) is 6.92 Å². The zero-order valence-electron chi connectivity index (χ0n) is 6.88. The van der Waals surface area contributed by atoms with Crippen LogP contribution in [0.5, 0.6) is 0 Å². The van der Waals surface area contributed by atoms with Gasteiger partial charge in [0.25, 0.3) is 0 Å². The van der Waals surface area contributed by atoms with Crippen molar-refractivity contribution in [2.45, 2.75) is 12.7 Å². The van der Waals surface area contributed by atoms with Crippen molar-refractivity contribution in [1.29, 1.82) is 0 Å². The highest BCUT2D eigenvalue weighted by molar-refractivity contribution is 6.65. The van der Waals surface area contributed by atoms with E-state index < -0.39 is 8.72 Å². The van der Waals surface area contributed by atoms with Crippen LogP contribution in [0.1, 0.15) is 6.92 Å². The van der Waals surface area contributed by atoms with Crippen molar-refractivity contribution in [3.63, 3.8) is 0 Å². The summed E-state index contributed by atoms with van der Waals surface area (Å²) >= 11 is 0. The first-order chi connectivity index (χ1) is 4.60. The summed E-state index contributed by atoms with van der Waals surface area (Å²) in [6.07, 6.45) is 0. The van der Waals surface area contributed by atoms with Crippen molar-refractivity contribution in [2.75, 3.05) is 21.3 Å². The van der Waals surface area contributed by atoms with E-state index in [4.69, 9.17) is 19.0 Å². The van der Waals surface area contributed by atoms with Crippen LogP contribution in [0.3, 0.4) is 0 Å². The van der Waals surface area contributed by atoms with Crippen molar-refractivity contribution in [1.82, 2.24) is 0 Å². The fourth-order valence-electron chi connectivity index (χ4n) is 0.580. The van der Waals surface area contributed by atoms with E-state index in [1.54, 1.807) is 7.11 Å². The van der Waals surface area contributed by atoms with Crippen LogP contribution in [0.4, 0.5) is 0 Å². The van der Waals surface area contributed by atoms with Crippen LogP contribution in [0.2, 0.25) is 0 Å². The minimum Gasteiger partial charge on any atom is -0.385 e. The number of rotatable bonds is 4. The average molecular weight is 165 g/mol. The number of methoxy groups -OCH3 is 1. The standard InChI is InChI=1S/C5H15NO3Si/c1-5(7-2)10(6,8-3)9-4/h5H,6H2,1-4H3. The Bertz CT molecular complexity index is 96.9. The summed E-state index contributed by atoms with van der Waals surface area (Å²) in [7, 11) is 2.12. The third-order valence-electron chi connectivity index (χ3n) is 1.56. The molecule has 62 valence electrons. The van der Waals surface area contributed by atoms with Gasteiger partial charge in [-0.2, -0.15) is 0 Å². The topological polar surface area (TPSA) is 53.7 Å². The van der Waals surface area contributed by atoms with Gasteiger partial charge in [0.15, 0.2) is 0 Å². The molecule has 0 aromatic carbocycles. The molecule has 0 heterocycles. The molecular formula is C5H15NO3Si. The van der Waals surface area contributed by atoms with Crippen LogP contribution in [0, 0.1) is 0 Å². The molecule has 0 rings (SSSR count). The van der Waals surface area contributed by atoms with Gasteiger partial charge in [-0.3, -0.25) is 0 Å². The quantitative estimate of drug-likeness (QED) is 0.584. The Morgan fingerprint density at radius 3 is 1.70 bits per heavy atom. The maximum Gasteiger partial charge on any atom is 0.451 e. The molecule has 1 atom stereocenters. The van der Waals surface area contributed by atoms with E-state index >= 15 is 0 Å². The molecule has 5 heteroatoms. The van der Waals surface area contributed by atoms with E-state index in [0.717, 1.165) is 0 Å². The molecule has 0 aromatic rings. The molecular weight excluding hydrogens is 150 g/mol. The third-order valence-corrected chi connectivity index (χ3v) is 4.20. The van der Waals surface area contributed by atoms with Gasteiger partial charge in [0, 0.05) is 21.3 Å². The smallest absolute Gasteiger partial charge is 0.385 e. The number of hydrogen-bond acceptors (Lipinski definition) is 4. The molecule has 0 bridgehead atoms. The Hall–Kier alpha value is 0.0569. The zero-order valence-corrected chi connectivity index (χ0v) is 7.88. The second kappa shape index (κ2) is 4.04. The Kier molecular flexibility index (Phi) is 4.07. The van der Waals surface area contributed by atoms with Crippen molar-refractivity contribution < 1.29 is 13.6 Å². The van der Waals surface area contributed by atoms with Crippen LogP contribution in [-0.4, -0.2) is 35.8 Å². The lowest BCUT2D eigenvalue weighted by atomic mass is 10.9. The zero-order chi connectivity index (χ0) is 8.20. The maximum atomic E-state index is 5.72. The van der Waals surface area contributed by atoms with E-state index in [1.807, 2.05) is 6.92 Å². The summed E-state index contributed by atoms with van der Waals surface area (Å²) in [5.41, 5.74) is -0.150. The molecule has 0 saturated heterocycles. The molecule has 0 aliphatic heterocycles. The van der Waals surface area contributed by atoms with Crippen molar-refractivity contribution in [3.05, 3.63) is 0 Å². The molecule has 0 aliphatic rings.